The number of hydrogen-bond donors (Lipinski definition) is 0. The molecule has 0 fully saturated rings. The third-order valence-electron chi connectivity index (χ3n) is 5.86. The topological polar surface area (TPSA) is 52.6 Å². The van der Waals surface area contributed by atoms with Gasteiger partial charge in [-0.1, -0.05) is 60.4 Å². The first kappa shape index (κ1) is 22.4. The maximum atomic E-state index is 13.0. The lowest BCUT2D eigenvalue weighted by Crippen LogP contribution is -2.43. The van der Waals surface area contributed by atoms with E-state index in [1.807, 2.05) is 66.7 Å². The number of carbonyl (C=O) groups excluding carboxylic acids is 2. The van der Waals surface area contributed by atoms with E-state index in [1.54, 1.807) is 13.8 Å². The zero-order valence-electron chi connectivity index (χ0n) is 18.9. The molecule has 0 bridgehead atoms. The molecule has 1 aliphatic carbocycles. The minimum Gasteiger partial charge on any atom is -0.465 e. The smallest absolute Gasteiger partial charge is 0.324 e. The summed E-state index contributed by atoms with van der Waals surface area (Å²) in [6.45, 7) is 3.89. The van der Waals surface area contributed by atoms with Gasteiger partial charge in [-0.25, -0.2) is 0 Å². The van der Waals surface area contributed by atoms with E-state index >= 15 is 0 Å². The van der Waals surface area contributed by atoms with Gasteiger partial charge in [-0.2, -0.15) is 0 Å². The molecular formula is C29H26O4. The molecule has 0 atom stereocenters. The summed E-state index contributed by atoms with van der Waals surface area (Å²) in [5.74, 6) is 5.49. The number of carbonyl (C=O) groups is 2. The van der Waals surface area contributed by atoms with E-state index < -0.39 is 17.4 Å². The van der Waals surface area contributed by atoms with Crippen molar-refractivity contribution in [3.8, 4) is 23.0 Å². The first-order valence-electron chi connectivity index (χ1n) is 11.2. The van der Waals surface area contributed by atoms with Gasteiger partial charge in [0, 0.05) is 11.1 Å². The summed E-state index contributed by atoms with van der Waals surface area (Å²) < 4.78 is 10.6. The molecule has 0 saturated heterocycles. The van der Waals surface area contributed by atoms with Crippen molar-refractivity contribution < 1.29 is 19.1 Å². The molecule has 3 aromatic carbocycles. The van der Waals surface area contributed by atoms with Crippen molar-refractivity contribution in [2.75, 3.05) is 13.2 Å². The van der Waals surface area contributed by atoms with Gasteiger partial charge in [0.25, 0.3) is 0 Å². The number of hydrogen-bond acceptors (Lipinski definition) is 4. The lowest BCUT2D eigenvalue weighted by molar-refractivity contribution is -0.171. The van der Waals surface area contributed by atoms with Gasteiger partial charge in [0.1, 0.15) is 0 Å². The maximum Gasteiger partial charge on any atom is 0.324 e. The van der Waals surface area contributed by atoms with Gasteiger partial charge in [-0.05, 0) is 73.2 Å². The van der Waals surface area contributed by atoms with E-state index in [0.29, 0.717) is 0 Å². The highest BCUT2D eigenvalue weighted by Gasteiger charge is 2.53. The monoisotopic (exact) mass is 438 g/mol. The summed E-state index contributed by atoms with van der Waals surface area (Å²) in [6.07, 6.45) is 0.501. The molecule has 0 aliphatic heterocycles. The molecule has 0 unspecified atom stereocenters. The predicted molar refractivity (Wildman–Crippen MR) is 127 cm³/mol. The lowest BCUT2D eigenvalue weighted by atomic mass is 9.84. The summed E-state index contributed by atoms with van der Waals surface area (Å²) in [7, 11) is 0. The number of ether oxygens (including phenoxy) is 2. The summed E-state index contributed by atoms with van der Waals surface area (Å²) in [5, 5.41) is 0. The van der Waals surface area contributed by atoms with Crippen LogP contribution in [0.15, 0.2) is 72.8 Å². The molecule has 0 amide bonds. The van der Waals surface area contributed by atoms with Crippen LogP contribution in [0.1, 0.15) is 36.1 Å². The van der Waals surface area contributed by atoms with Gasteiger partial charge in [0.2, 0.25) is 0 Å². The Hall–Kier alpha value is -3.84. The molecule has 0 N–H and O–H groups in total. The van der Waals surface area contributed by atoms with Crippen LogP contribution in [0.4, 0.5) is 0 Å². The van der Waals surface area contributed by atoms with Crippen LogP contribution in [0.2, 0.25) is 0 Å². The van der Waals surface area contributed by atoms with Gasteiger partial charge in [-0.15, -0.1) is 0 Å². The minimum absolute atomic E-state index is 0.208. The molecule has 0 spiro atoms. The fourth-order valence-electron chi connectivity index (χ4n) is 4.26. The standard InChI is InChI=1S/C29H26O4/c1-3-32-27(30)29(28(31)33-4-2)19-24-17-23(16-15-21-11-7-5-8-12-21)26(18-25(24)20-29)22-13-9-6-10-14-22/h5-14,17-18H,3-4,19-20H2,1-2H3. The largest absolute Gasteiger partial charge is 0.465 e. The summed E-state index contributed by atoms with van der Waals surface area (Å²) in [4.78, 5) is 25.9. The average molecular weight is 439 g/mol. The molecule has 166 valence electrons. The average Bonchev–Trinajstić information content (AvgIpc) is 3.23. The van der Waals surface area contributed by atoms with Gasteiger partial charge < -0.3 is 9.47 Å². The van der Waals surface area contributed by atoms with Crippen molar-refractivity contribution in [2.45, 2.75) is 26.7 Å². The molecule has 0 saturated carbocycles. The number of fused-ring (bicyclic) bond motifs is 1. The Labute approximate surface area is 194 Å². The van der Waals surface area contributed by atoms with Crippen molar-refractivity contribution in [3.05, 3.63) is 95.1 Å². The Balaban J connectivity index is 1.82. The Kier molecular flexibility index (Phi) is 6.60. The zero-order valence-corrected chi connectivity index (χ0v) is 18.9. The zero-order chi connectivity index (χ0) is 23.3. The highest BCUT2D eigenvalue weighted by molar-refractivity contribution is 6.02. The predicted octanol–water partition coefficient (Wildman–Crippen LogP) is 4.96. The quantitative estimate of drug-likeness (QED) is 0.321. The van der Waals surface area contributed by atoms with Crippen LogP contribution < -0.4 is 0 Å². The van der Waals surface area contributed by atoms with Crippen molar-refractivity contribution in [1.82, 2.24) is 0 Å². The fourth-order valence-corrected chi connectivity index (χ4v) is 4.26. The third kappa shape index (κ3) is 4.54. The molecule has 1 aliphatic rings. The van der Waals surface area contributed by atoms with E-state index in [2.05, 4.69) is 17.9 Å². The Morgan fingerprint density at radius 2 is 1.33 bits per heavy atom. The molecule has 4 nitrogen and oxygen atoms in total. The highest BCUT2D eigenvalue weighted by Crippen LogP contribution is 2.42. The van der Waals surface area contributed by atoms with E-state index in [1.165, 1.54) is 0 Å². The summed E-state index contributed by atoms with van der Waals surface area (Å²) >= 11 is 0. The maximum absolute atomic E-state index is 13.0. The van der Waals surface area contributed by atoms with Gasteiger partial charge in [-0.3, -0.25) is 9.59 Å². The van der Waals surface area contributed by atoms with E-state index in [-0.39, 0.29) is 26.1 Å². The van der Waals surface area contributed by atoms with Crippen LogP contribution >= 0.6 is 0 Å². The van der Waals surface area contributed by atoms with Crippen molar-refractivity contribution in [2.24, 2.45) is 5.41 Å². The molecular weight excluding hydrogens is 412 g/mol. The van der Waals surface area contributed by atoms with Gasteiger partial charge in [0.15, 0.2) is 5.41 Å². The molecule has 0 aromatic heterocycles. The Bertz CT molecular complexity index is 1200. The highest BCUT2D eigenvalue weighted by atomic mass is 16.6. The first-order chi connectivity index (χ1) is 16.1. The van der Waals surface area contributed by atoms with Crippen molar-refractivity contribution >= 4 is 11.9 Å². The Morgan fingerprint density at radius 1 is 0.788 bits per heavy atom. The SMILES string of the molecule is CCOC(=O)C1(C(=O)OCC)Cc2cc(C#Cc3ccccc3)c(-c3ccccc3)cc2C1. The van der Waals surface area contributed by atoms with Crippen molar-refractivity contribution in [3.63, 3.8) is 0 Å². The lowest BCUT2D eigenvalue weighted by Gasteiger charge is -2.23. The third-order valence-corrected chi connectivity index (χ3v) is 5.86. The van der Waals surface area contributed by atoms with Crippen LogP contribution in [-0.2, 0) is 31.9 Å². The number of benzene rings is 3. The fraction of sp³-hybridized carbons (Fsp3) is 0.241. The van der Waals surface area contributed by atoms with Crippen LogP contribution in [0.5, 0.6) is 0 Å². The second kappa shape index (κ2) is 9.75. The van der Waals surface area contributed by atoms with E-state index in [4.69, 9.17) is 9.47 Å². The second-order valence-electron chi connectivity index (χ2n) is 8.03. The summed E-state index contributed by atoms with van der Waals surface area (Å²) in [6, 6.07) is 23.9. The molecule has 33 heavy (non-hydrogen) atoms. The van der Waals surface area contributed by atoms with Crippen molar-refractivity contribution in [1.29, 1.82) is 0 Å². The molecule has 0 radical (unpaired) electrons. The minimum atomic E-state index is -1.35. The van der Waals surface area contributed by atoms with Crippen LogP contribution in [0.25, 0.3) is 11.1 Å². The molecule has 3 aromatic rings. The van der Waals surface area contributed by atoms with Crippen LogP contribution in [0.3, 0.4) is 0 Å². The Morgan fingerprint density at radius 3 is 1.91 bits per heavy atom. The van der Waals surface area contributed by atoms with Crippen LogP contribution in [0, 0.1) is 17.3 Å². The summed E-state index contributed by atoms with van der Waals surface area (Å²) in [5.41, 5.74) is 4.29. The molecule has 4 heteroatoms. The van der Waals surface area contributed by atoms with Gasteiger partial charge in [0.05, 0.1) is 13.2 Å². The molecule has 4 rings (SSSR count). The van der Waals surface area contributed by atoms with E-state index in [9.17, 15) is 9.59 Å². The molecule has 0 heterocycles. The normalized spacial score (nSPS) is 13.4. The van der Waals surface area contributed by atoms with Gasteiger partial charge >= 0.3 is 11.9 Å². The second-order valence-corrected chi connectivity index (χ2v) is 8.03. The van der Waals surface area contributed by atoms with E-state index in [0.717, 1.165) is 33.4 Å². The number of esters is 2. The number of rotatable bonds is 5. The first-order valence-corrected chi connectivity index (χ1v) is 11.2. The van der Waals surface area contributed by atoms with Crippen LogP contribution in [-0.4, -0.2) is 25.2 Å².